The fraction of sp³-hybridized carbons (Fsp3) is 0. The van der Waals surface area contributed by atoms with Gasteiger partial charge in [-0.2, -0.15) is 0 Å². The predicted molar refractivity (Wildman–Crippen MR) is 32.4 cm³/mol. The Balaban J connectivity index is 4.15. The highest BCUT2D eigenvalue weighted by atomic mass is 32.2. The second-order valence-corrected chi connectivity index (χ2v) is 2.69. The zero-order chi connectivity index (χ0) is 6.62. The molecule has 0 saturated heterocycles. The molecule has 0 radical (unpaired) electrons. The molecule has 0 spiro atoms. The maximum Gasteiger partial charge on any atom is 0.253 e. The summed E-state index contributed by atoms with van der Waals surface area (Å²) >= 11 is 0. The summed E-state index contributed by atoms with van der Waals surface area (Å²) in [6.45, 7) is 6.21. The normalized spacial score (nSPS) is 10.0. The average Bonchev–Trinajstić information content (AvgIpc) is 1.67. The van der Waals surface area contributed by atoms with E-state index in [0.717, 1.165) is 11.6 Å². The minimum atomic E-state index is -3.27. The van der Waals surface area contributed by atoms with Gasteiger partial charge in [0, 0.05) is 11.6 Å². The third-order valence-electron chi connectivity index (χ3n) is 0.467. The van der Waals surface area contributed by atoms with Gasteiger partial charge in [0.2, 0.25) is 0 Å². The number of rotatable bonds is 3. The van der Waals surface area contributed by atoms with Crippen LogP contribution >= 0.6 is 0 Å². The standard InChI is InChI=1S/C4H7NO2S/c1-3-5-8(6,7)4-2/h3-5H,1-2H2. The summed E-state index contributed by atoms with van der Waals surface area (Å²) in [4.78, 5) is 0. The molecule has 4 heteroatoms. The van der Waals surface area contributed by atoms with Gasteiger partial charge in [-0.3, -0.25) is 4.72 Å². The molecule has 0 aliphatic rings. The molecule has 0 amide bonds. The molecule has 0 heterocycles. The van der Waals surface area contributed by atoms with Crippen molar-refractivity contribution in [3.8, 4) is 0 Å². The van der Waals surface area contributed by atoms with Crippen molar-refractivity contribution in [3.05, 3.63) is 24.8 Å². The molecule has 0 unspecified atom stereocenters. The van der Waals surface area contributed by atoms with Gasteiger partial charge < -0.3 is 0 Å². The van der Waals surface area contributed by atoms with Crippen LogP contribution in [0.2, 0.25) is 0 Å². The molecule has 0 aromatic carbocycles. The summed E-state index contributed by atoms with van der Waals surface area (Å²) in [6, 6.07) is 0. The summed E-state index contributed by atoms with van der Waals surface area (Å²) in [5.74, 6) is 0. The van der Waals surface area contributed by atoms with E-state index in [2.05, 4.69) is 13.2 Å². The molecule has 0 atom stereocenters. The third-order valence-corrected chi connectivity index (χ3v) is 1.40. The molecule has 0 aliphatic carbocycles. The largest absolute Gasteiger partial charge is 0.288 e. The number of hydrogen-bond acceptors (Lipinski definition) is 2. The Bertz CT molecular complexity index is 180. The number of hydrogen-bond donors (Lipinski definition) is 1. The Morgan fingerprint density at radius 3 is 2.00 bits per heavy atom. The van der Waals surface area contributed by atoms with Crippen molar-refractivity contribution in [1.29, 1.82) is 0 Å². The third kappa shape index (κ3) is 2.41. The lowest BCUT2D eigenvalue weighted by Crippen LogP contribution is -2.12. The highest BCUT2D eigenvalue weighted by Crippen LogP contribution is 1.79. The lowest BCUT2D eigenvalue weighted by Gasteiger charge is -1.91. The van der Waals surface area contributed by atoms with Gasteiger partial charge in [-0.25, -0.2) is 8.42 Å². The molecule has 46 valence electrons. The summed E-state index contributed by atoms with van der Waals surface area (Å²) in [5.41, 5.74) is 0. The van der Waals surface area contributed by atoms with Crippen molar-refractivity contribution in [2.45, 2.75) is 0 Å². The molecule has 3 nitrogen and oxygen atoms in total. The van der Waals surface area contributed by atoms with E-state index >= 15 is 0 Å². The fourth-order valence-corrected chi connectivity index (χ4v) is 0.493. The van der Waals surface area contributed by atoms with Gasteiger partial charge in [0.1, 0.15) is 0 Å². The van der Waals surface area contributed by atoms with E-state index in [9.17, 15) is 8.42 Å². The fourth-order valence-electron chi connectivity index (χ4n) is 0.164. The van der Waals surface area contributed by atoms with Crippen LogP contribution < -0.4 is 4.72 Å². The van der Waals surface area contributed by atoms with Gasteiger partial charge in [0.25, 0.3) is 10.0 Å². The first-order chi connectivity index (χ1) is 3.62. The Kier molecular flexibility index (Phi) is 2.27. The predicted octanol–water partition coefficient (Wildman–Crippen LogP) is 0.193. The zero-order valence-corrected chi connectivity index (χ0v) is 5.11. The van der Waals surface area contributed by atoms with Gasteiger partial charge in [-0.05, 0) is 0 Å². The highest BCUT2D eigenvalue weighted by molar-refractivity contribution is 7.92. The van der Waals surface area contributed by atoms with Gasteiger partial charge in [-0.15, -0.1) is 0 Å². The first-order valence-corrected chi connectivity index (χ1v) is 3.42. The Morgan fingerprint density at radius 2 is 1.88 bits per heavy atom. The SMILES string of the molecule is C=CNS(=O)(=O)C=C. The van der Waals surface area contributed by atoms with Crippen molar-refractivity contribution in [2.75, 3.05) is 0 Å². The Hall–Kier alpha value is -0.770. The van der Waals surface area contributed by atoms with Gasteiger partial charge in [0.15, 0.2) is 0 Å². The van der Waals surface area contributed by atoms with E-state index < -0.39 is 10.0 Å². The van der Waals surface area contributed by atoms with Crippen LogP contribution in [0.4, 0.5) is 0 Å². The number of sulfonamides is 1. The van der Waals surface area contributed by atoms with Gasteiger partial charge in [-0.1, -0.05) is 13.2 Å². The van der Waals surface area contributed by atoms with Crippen molar-refractivity contribution < 1.29 is 8.42 Å². The second-order valence-electron chi connectivity index (χ2n) is 1.03. The van der Waals surface area contributed by atoms with Crippen LogP contribution in [0.15, 0.2) is 24.8 Å². The van der Waals surface area contributed by atoms with E-state index in [1.165, 1.54) is 0 Å². The van der Waals surface area contributed by atoms with Crippen molar-refractivity contribution >= 4 is 10.0 Å². The molecule has 0 fully saturated rings. The van der Waals surface area contributed by atoms with Crippen LogP contribution in [-0.2, 0) is 10.0 Å². The summed E-state index contributed by atoms with van der Waals surface area (Å²) in [5, 5.41) is 0.814. The summed E-state index contributed by atoms with van der Waals surface area (Å²) in [7, 11) is -3.27. The van der Waals surface area contributed by atoms with Gasteiger partial charge >= 0.3 is 0 Å². The molecule has 8 heavy (non-hydrogen) atoms. The summed E-state index contributed by atoms with van der Waals surface area (Å²) in [6.07, 6.45) is 1.08. The second kappa shape index (κ2) is 2.52. The van der Waals surface area contributed by atoms with E-state index in [1.807, 2.05) is 4.72 Å². The minimum Gasteiger partial charge on any atom is -0.288 e. The molecule has 0 aromatic rings. The van der Waals surface area contributed by atoms with Crippen molar-refractivity contribution in [1.82, 2.24) is 4.72 Å². The van der Waals surface area contributed by atoms with Crippen LogP contribution in [0, 0.1) is 0 Å². The van der Waals surface area contributed by atoms with Crippen molar-refractivity contribution in [2.24, 2.45) is 0 Å². The molecular formula is C4H7NO2S. The monoisotopic (exact) mass is 133 g/mol. The highest BCUT2D eigenvalue weighted by Gasteiger charge is 1.94. The van der Waals surface area contributed by atoms with Gasteiger partial charge in [0.05, 0.1) is 0 Å². The van der Waals surface area contributed by atoms with Crippen LogP contribution in [0.1, 0.15) is 0 Å². The average molecular weight is 133 g/mol. The minimum absolute atomic E-state index is 0.814. The van der Waals surface area contributed by atoms with E-state index in [-0.39, 0.29) is 0 Å². The first-order valence-electron chi connectivity index (χ1n) is 1.88. The zero-order valence-electron chi connectivity index (χ0n) is 4.29. The molecule has 1 N–H and O–H groups in total. The lowest BCUT2D eigenvalue weighted by molar-refractivity contribution is 0.599. The maximum atomic E-state index is 10.3. The Labute approximate surface area is 48.8 Å². The smallest absolute Gasteiger partial charge is 0.253 e. The van der Waals surface area contributed by atoms with E-state index in [0.29, 0.717) is 0 Å². The number of nitrogens with one attached hydrogen (secondary N) is 1. The molecule has 0 rings (SSSR count). The first kappa shape index (κ1) is 7.23. The Morgan fingerprint density at radius 1 is 1.38 bits per heavy atom. The lowest BCUT2D eigenvalue weighted by atomic mass is 11.1. The quantitative estimate of drug-likeness (QED) is 0.597. The molecular weight excluding hydrogens is 126 g/mol. The topological polar surface area (TPSA) is 46.2 Å². The van der Waals surface area contributed by atoms with E-state index in [4.69, 9.17) is 0 Å². The molecule has 0 bridgehead atoms. The van der Waals surface area contributed by atoms with Crippen LogP contribution in [-0.4, -0.2) is 8.42 Å². The van der Waals surface area contributed by atoms with E-state index in [1.54, 1.807) is 0 Å². The molecule has 0 aliphatic heterocycles. The molecule has 0 aromatic heterocycles. The van der Waals surface area contributed by atoms with Crippen molar-refractivity contribution in [3.63, 3.8) is 0 Å². The van der Waals surface area contributed by atoms with Crippen LogP contribution in [0.3, 0.4) is 0 Å². The van der Waals surface area contributed by atoms with Crippen LogP contribution in [0.5, 0.6) is 0 Å². The molecule has 0 saturated carbocycles. The summed E-state index contributed by atoms with van der Waals surface area (Å²) < 4.78 is 22.6. The maximum absolute atomic E-state index is 10.3. The van der Waals surface area contributed by atoms with Crippen LogP contribution in [0.25, 0.3) is 0 Å².